The number of amides is 2. The Bertz CT molecular complexity index is 515. The maximum atomic E-state index is 12.2. The van der Waals surface area contributed by atoms with Crippen LogP contribution < -0.4 is 0 Å². The van der Waals surface area contributed by atoms with E-state index in [1.165, 1.54) is 0 Å². The van der Waals surface area contributed by atoms with Gasteiger partial charge in [-0.1, -0.05) is 18.6 Å². The predicted octanol–water partition coefficient (Wildman–Crippen LogP) is 1.79. The fraction of sp³-hybridized carbons (Fsp3) is 0.357. The molecule has 1 heterocycles. The third kappa shape index (κ3) is 1.49. The molecule has 0 bridgehead atoms. The monoisotopic (exact) mass is 243 g/mol. The highest BCUT2D eigenvalue weighted by molar-refractivity contribution is 6.22. The zero-order valence-electron chi connectivity index (χ0n) is 9.89. The summed E-state index contributed by atoms with van der Waals surface area (Å²) in [6, 6.07) is 6.20. The molecule has 1 aliphatic heterocycles. The highest BCUT2D eigenvalue weighted by atomic mass is 16.2. The van der Waals surface area contributed by atoms with Crippen LogP contribution in [0.2, 0.25) is 0 Å². The summed E-state index contributed by atoms with van der Waals surface area (Å²) < 4.78 is 0. The van der Waals surface area contributed by atoms with E-state index in [-0.39, 0.29) is 17.6 Å². The van der Waals surface area contributed by atoms with Gasteiger partial charge in [0.15, 0.2) is 5.78 Å². The van der Waals surface area contributed by atoms with E-state index in [0.717, 1.165) is 17.7 Å². The summed E-state index contributed by atoms with van der Waals surface area (Å²) in [4.78, 5) is 37.4. The molecule has 4 nitrogen and oxygen atoms in total. The molecule has 4 heteroatoms. The third-order valence-corrected chi connectivity index (χ3v) is 3.66. The molecule has 92 valence electrons. The zero-order chi connectivity index (χ0) is 12.7. The van der Waals surface area contributed by atoms with Crippen LogP contribution in [0.5, 0.6) is 0 Å². The number of carbonyl (C=O) groups excluding carboxylic acids is 3. The van der Waals surface area contributed by atoms with E-state index in [0.29, 0.717) is 24.0 Å². The number of hydrogen-bond acceptors (Lipinski definition) is 3. The van der Waals surface area contributed by atoms with Gasteiger partial charge in [0.25, 0.3) is 11.8 Å². The summed E-state index contributed by atoms with van der Waals surface area (Å²) in [6.07, 6.45) is 2.82. The van der Waals surface area contributed by atoms with Gasteiger partial charge in [0.05, 0.1) is 17.2 Å². The van der Waals surface area contributed by atoms with Gasteiger partial charge in [-0.15, -0.1) is 0 Å². The summed E-state index contributed by atoms with van der Waals surface area (Å²) in [6.45, 7) is 0. The molecule has 1 fully saturated rings. The second-order valence-electron chi connectivity index (χ2n) is 4.75. The fourth-order valence-corrected chi connectivity index (χ4v) is 2.73. The predicted molar refractivity (Wildman–Crippen MR) is 64.2 cm³/mol. The van der Waals surface area contributed by atoms with Crippen molar-refractivity contribution in [2.45, 2.75) is 31.7 Å². The largest absolute Gasteiger partial charge is 0.297 e. The van der Waals surface area contributed by atoms with Gasteiger partial charge in [-0.25, -0.2) is 0 Å². The highest BCUT2D eigenvalue weighted by Gasteiger charge is 2.42. The second-order valence-corrected chi connectivity index (χ2v) is 4.75. The number of rotatable bonds is 1. The van der Waals surface area contributed by atoms with Crippen LogP contribution in [-0.4, -0.2) is 28.5 Å². The first-order chi connectivity index (χ1) is 8.70. The van der Waals surface area contributed by atoms with E-state index in [2.05, 4.69) is 0 Å². The van der Waals surface area contributed by atoms with E-state index >= 15 is 0 Å². The Morgan fingerprint density at radius 1 is 0.944 bits per heavy atom. The van der Waals surface area contributed by atoms with Crippen LogP contribution in [-0.2, 0) is 4.79 Å². The first-order valence-electron chi connectivity index (χ1n) is 6.20. The normalized spacial score (nSPS) is 23.4. The van der Waals surface area contributed by atoms with Crippen molar-refractivity contribution < 1.29 is 14.4 Å². The minimum atomic E-state index is -0.550. The van der Waals surface area contributed by atoms with Crippen molar-refractivity contribution in [2.75, 3.05) is 0 Å². The summed E-state index contributed by atoms with van der Waals surface area (Å²) in [5.74, 6) is -0.637. The van der Waals surface area contributed by atoms with Crippen LogP contribution in [0.3, 0.4) is 0 Å². The van der Waals surface area contributed by atoms with Gasteiger partial charge in [-0.2, -0.15) is 0 Å². The molecule has 1 aromatic rings. The van der Waals surface area contributed by atoms with Gasteiger partial charge in [0.1, 0.15) is 0 Å². The molecule has 0 saturated heterocycles. The minimum Gasteiger partial charge on any atom is -0.297 e. The van der Waals surface area contributed by atoms with Gasteiger partial charge in [-0.05, 0) is 25.0 Å². The topological polar surface area (TPSA) is 54.5 Å². The molecule has 18 heavy (non-hydrogen) atoms. The number of imide groups is 1. The smallest absolute Gasteiger partial charge is 0.262 e. The lowest BCUT2D eigenvalue weighted by molar-refractivity contribution is -0.124. The molecule has 1 atom stereocenters. The number of Topliss-reactive ketones (excluding diaryl/α,β-unsaturated/α-hetero) is 1. The van der Waals surface area contributed by atoms with Crippen molar-refractivity contribution in [1.29, 1.82) is 0 Å². The standard InChI is InChI=1S/C14H13NO3/c16-12-8-4-3-7-11(12)15-13(17)9-5-1-2-6-10(9)14(15)18/h1-2,5-6,11H,3-4,7-8H2/t11-/m0/s1. The molecule has 0 radical (unpaired) electrons. The molecular formula is C14H13NO3. The molecule has 0 unspecified atom stereocenters. The van der Waals surface area contributed by atoms with E-state index in [1.54, 1.807) is 24.3 Å². The van der Waals surface area contributed by atoms with Gasteiger partial charge in [-0.3, -0.25) is 19.3 Å². The summed E-state index contributed by atoms with van der Waals surface area (Å²) in [7, 11) is 0. The number of ketones is 1. The summed E-state index contributed by atoms with van der Waals surface area (Å²) in [5.41, 5.74) is 0.835. The molecule has 3 rings (SSSR count). The Morgan fingerprint density at radius 2 is 1.56 bits per heavy atom. The first-order valence-corrected chi connectivity index (χ1v) is 6.20. The molecule has 1 aliphatic carbocycles. The molecule has 0 aromatic heterocycles. The number of fused-ring (bicyclic) bond motifs is 1. The van der Waals surface area contributed by atoms with Crippen molar-refractivity contribution in [3.05, 3.63) is 35.4 Å². The number of benzene rings is 1. The van der Waals surface area contributed by atoms with Crippen LogP contribution in [0.15, 0.2) is 24.3 Å². The van der Waals surface area contributed by atoms with Crippen LogP contribution in [0.1, 0.15) is 46.4 Å². The molecule has 0 N–H and O–H groups in total. The SMILES string of the molecule is O=C1CCCC[C@@H]1N1C(=O)c2ccccc2C1=O. The third-order valence-electron chi connectivity index (χ3n) is 3.66. The van der Waals surface area contributed by atoms with Crippen molar-refractivity contribution in [3.63, 3.8) is 0 Å². The van der Waals surface area contributed by atoms with Gasteiger partial charge < -0.3 is 0 Å². The average molecular weight is 243 g/mol. The lowest BCUT2D eigenvalue weighted by atomic mass is 9.93. The van der Waals surface area contributed by atoms with E-state index < -0.39 is 6.04 Å². The fourth-order valence-electron chi connectivity index (χ4n) is 2.73. The Kier molecular flexibility index (Phi) is 2.51. The van der Waals surface area contributed by atoms with E-state index in [1.807, 2.05) is 0 Å². The lowest BCUT2D eigenvalue weighted by Crippen LogP contribution is -2.46. The van der Waals surface area contributed by atoms with Crippen LogP contribution in [0.4, 0.5) is 0 Å². The number of carbonyl (C=O) groups is 3. The molecule has 1 saturated carbocycles. The Morgan fingerprint density at radius 3 is 2.11 bits per heavy atom. The average Bonchev–Trinajstić information content (AvgIpc) is 2.64. The quantitative estimate of drug-likeness (QED) is 0.707. The van der Waals surface area contributed by atoms with Crippen molar-refractivity contribution in [1.82, 2.24) is 4.90 Å². The number of hydrogen-bond donors (Lipinski definition) is 0. The molecule has 2 amide bonds. The highest BCUT2D eigenvalue weighted by Crippen LogP contribution is 2.29. The maximum absolute atomic E-state index is 12.2. The Labute approximate surface area is 105 Å². The lowest BCUT2D eigenvalue weighted by Gasteiger charge is -2.27. The molecule has 2 aliphatic rings. The molecule has 1 aromatic carbocycles. The van der Waals surface area contributed by atoms with Crippen LogP contribution in [0.25, 0.3) is 0 Å². The van der Waals surface area contributed by atoms with Gasteiger partial charge in [0, 0.05) is 6.42 Å². The zero-order valence-corrected chi connectivity index (χ0v) is 9.89. The van der Waals surface area contributed by atoms with Crippen molar-refractivity contribution >= 4 is 17.6 Å². The van der Waals surface area contributed by atoms with Crippen molar-refractivity contribution in [3.8, 4) is 0 Å². The van der Waals surface area contributed by atoms with E-state index in [4.69, 9.17) is 0 Å². The van der Waals surface area contributed by atoms with Crippen LogP contribution >= 0.6 is 0 Å². The minimum absolute atomic E-state index is 0.00996. The summed E-state index contributed by atoms with van der Waals surface area (Å²) >= 11 is 0. The van der Waals surface area contributed by atoms with Crippen molar-refractivity contribution in [2.24, 2.45) is 0 Å². The van der Waals surface area contributed by atoms with Gasteiger partial charge in [0.2, 0.25) is 0 Å². The Balaban J connectivity index is 1.99. The molecule has 0 spiro atoms. The molecular weight excluding hydrogens is 230 g/mol. The van der Waals surface area contributed by atoms with Crippen LogP contribution in [0, 0.1) is 0 Å². The van der Waals surface area contributed by atoms with E-state index in [9.17, 15) is 14.4 Å². The number of nitrogens with zero attached hydrogens (tertiary/aromatic N) is 1. The first kappa shape index (κ1) is 11.1. The van der Waals surface area contributed by atoms with Gasteiger partial charge >= 0.3 is 0 Å². The maximum Gasteiger partial charge on any atom is 0.262 e. The summed E-state index contributed by atoms with van der Waals surface area (Å²) in [5, 5.41) is 0. The second kappa shape index (κ2) is 4.05. The Hall–Kier alpha value is -1.97.